The first kappa shape index (κ1) is 18.2. The van der Waals surface area contributed by atoms with E-state index in [9.17, 15) is 9.18 Å². The van der Waals surface area contributed by atoms with Crippen LogP contribution in [0.3, 0.4) is 0 Å². The van der Waals surface area contributed by atoms with Crippen LogP contribution < -0.4 is 0 Å². The van der Waals surface area contributed by atoms with Crippen LogP contribution in [0.5, 0.6) is 0 Å². The standard InChI is InChI=1S/C20H24ClFN4O2/c1-9-5-13(9)26-17-10(6-23-18(21)15(17)22)16(24-26)14-11-7-25(8-12(11)14)19(27)28-20(2,3)4/h6,9,11-14H,5,7-8H2,1-4H3/t9-,11-,12+,13-,14?/m0/s1. The highest BCUT2D eigenvalue weighted by molar-refractivity contribution is 6.30. The SMILES string of the molecule is C[C@H]1C[C@@H]1n1nc(C2[C@H]3CN(C(=O)OC(C)(C)C)C[C@@H]23)c2cnc(Cl)c(F)c21. The highest BCUT2D eigenvalue weighted by Gasteiger charge is 2.59. The first-order valence-electron chi connectivity index (χ1n) is 9.85. The summed E-state index contributed by atoms with van der Waals surface area (Å²) in [5.74, 6) is 0.921. The lowest BCUT2D eigenvalue weighted by molar-refractivity contribution is 0.0271. The van der Waals surface area contributed by atoms with Crippen molar-refractivity contribution in [3.05, 3.63) is 22.9 Å². The molecule has 8 heteroatoms. The van der Waals surface area contributed by atoms with Gasteiger partial charge in [-0.2, -0.15) is 5.10 Å². The van der Waals surface area contributed by atoms with Crippen LogP contribution in [0.2, 0.25) is 5.15 Å². The molecule has 5 rings (SSSR count). The zero-order valence-electron chi connectivity index (χ0n) is 16.4. The van der Waals surface area contributed by atoms with Gasteiger partial charge in [0.2, 0.25) is 0 Å². The fourth-order valence-electron chi connectivity index (χ4n) is 4.62. The number of halogens is 2. The molecule has 0 N–H and O–H groups in total. The summed E-state index contributed by atoms with van der Waals surface area (Å²) in [7, 11) is 0. The van der Waals surface area contributed by atoms with Gasteiger partial charge in [-0.25, -0.2) is 14.2 Å². The molecule has 1 aliphatic heterocycles. The van der Waals surface area contributed by atoms with E-state index in [4.69, 9.17) is 21.4 Å². The lowest BCUT2D eigenvalue weighted by atomic mass is 10.1. The summed E-state index contributed by atoms with van der Waals surface area (Å²) in [4.78, 5) is 18.1. The highest BCUT2D eigenvalue weighted by atomic mass is 35.5. The Kier molecular flexibility index (Phi) is 3.77. The van der Waals surface area contributed by atoms with Crippen LogP contribution in [0, 0.1) is 23.6 Å². The molecule has 1 unspecified atom stereocenters. The van der Waals surface area contributed by atoms with Gasteiger partial charge in [-0.15, -0.1) is 0 Å². The van der Waals surface area contributed by atoms with Gasteiger partial charge in [-0.1, -0.05) is 18.5 Å². The van der Waals surface area contributed by atoms with Crippen molar-refractivity contribution in [3.8, 4) is 0 Å². The minimum atomic E-state index is -0.498. The molecule has 28 heavy (non-hydrogen) atoms. The Balaban J connectivity index is 1.41. The summed E-state index contributed by atoms with van der Waals surface area (Å²) in [6.07, 6.45) is 2.38. The number of hydrogen-bond acceptors (Lipinski definition) is 4. The monoisotopic (exact) mass is 406 g/mol. The molecular formula is C20H24ClFN4O2. The lowest BCUT2D eigenvalue weighted by Gasteiger charge is -2.25. The van der Waals surface area contributed by atoms with Crippen molar-refractivity contribution in [3.63, 3.8) is 0 Å². The van der Waals surface area contributed by atoms with Crippen molar-refractivity contribution in [2.45, 2.75) is 51.7 Å². The second-order valence-corrected chi connectivity index (χ2v) is 9.83. The maximum atomic E-state index is 14.8. The van der Waals surface area contributed by atoms with E-state index >= 15 is 0 Å². The zero-order chi connectivity index (χ0) is 20.0. The van der Waals surface area contributed by atoms with Crippen LogP contribution in [-0.2, 0) is 4.74 Å². The third kappa shape index (κ3) is 2.78. The van der Waals surface area contributed by atoms with Crippen molar-refractivity contribution >= 4 is 28.6 Å². The lowest BCUT2D eigenvalue weighted by Crippen LogP contribution is -2.36. The summed E-state index contributed by atoms with van der Waals surface area (Å²) in [6, 6.07) is 0.223. The third-order valence-electron chi connectivity index (χ3n) is 6.21. The van der Waals surface area contributed by atoms with E-state index in [1.165, 1.54) is 0 Å². The van der Waals surface area contributed by atoms with Gasteiger partial charge >= 0.3 is 6.09 Å². The first-order valence-corrected chi connectivity index (χ1v) is 10.2. The molecule has 0 radical (unpaired) electrons. The van der Waals surface area contributed by atoms with Gasteiger partial charge in [0.1, 0.15) is 11.1 Å². The predicted molar refractivity (Wildman–Crippen MR) is 103 cm³/mol. The smallest absolute Gasteiger partial charge is 0.410 e. The van der Waals surface area contributed by atoms with Crippen LogP contribution in [0.25, 0.3) is 10.9 Å². The van der Waals surface area contributed by atoms with Crippen molar-refractivity contribution in [2.24, 2.45) is 17.8 Å². The molecule has 6 nitrogen and oxygen atoms in total. The number of carbonyl (C=O) groups is 1. The number of ether oxygens (including phenoxy) is 1. The number of likely N-dealkylation sites (tertiary alicyclic amines) is 1. The molecule has 3 fully saturated rings. The molecule has 2 aliphatic carbocycles. The predicted octanol–water partition coefficient (Wildman–Crippen LogP) is 4.39. The fraction of sp³-hybridized carbons (Fsp3) is 0.650. The van der Waals surface area contributed by atoms with Crippen molar-refractivity contribution < 1.29 is 13.9 Å². The Bertz CT molecular complexity index is 973. The van der Waals surface area contributed by atoms with E-state index in [-0.39, 0.29) is 23.2 Å². The molecule has 0 spiro atoms. The summed E-state index contributed by atoms with van der Waals surface area (Å²) >= 11 is 5.94. The number of aromatic nitrogens is 3. The molecule has 1 saturated heterocycles. The Labute approximate surface area is 168 Å². The molecule has 150 valence electrons. The van der Waals surface area contributed by atoms with Crippen molar-refractivity contribution in [2.75, 3.05) is 13.1 Å². The molecule has 3 heterocycles. The van der Waals surface area contributed by atoms with Crippen LogP contribution in [0.1, 0.15) is 51.8 Å². The average molecular weight is 407 g/mol. The molecule has 3 aliphatic rings. The summed E-state index contributed by atoms with van der Waals surface area (Å²) in [6.45, 7) is 9.06. The third-order valence-corrected chi connectivity index (χ3v) is 6.48. The van der Waals surface area contributed by atoms with Crippen molar-refractivity contribution in [1.29, 1.82) is 0 Å². The van der Waals surface area contributed by atoms with Gasteiger partial charge < -0.3 is 9.64 Å². The zero-order valence-corrected chi connectivity index (χ0v) is 17.2. The summed E-state index contributed by atoms with van der Waals surface area (Å²) in [5.41, 5.74) is 0.871. The van der Waals surface area contributed by atoms with E-state index in [2.05, 4.69) is 11.9 Å². The number of pyridine rings is 1. The molecular weight excluding hydrogens is 383 g/mol. The van der Waals surface area contributed by atoms with Gasteiger partial charge in [0, 0.05) is 30.6 Å². The second kappa shape index (κ2) is 5.81. The molecule has 0 bridgehead atoms. The molecule has 1 amide bonds. The minimum absolute atomic E-state index is 0.111. The maximum Gasteiger partial charge on any atom is 0.410 e. The van der Waals surface area contributed by atoms with E-state index in [0.717, 1.165) is 17.5 Å². The van der Waals surface area contributed by atoms with Gasteiger partial charge in [0.25, 0.3) is 0 Å². The second-order valence-electron chi connectivity index (χ2n) is 9.47. The minimum Gasteiger partial charge on any atom is -0.444 e. The summed E-state index contributed by atoms with van der Waals surface area (Å²) in [5, 5.41) is 5.46. The van der Waals surface area contributed by atoms with Gasteiger partial charge in [0.15, 0.2) is 11.0 Å². The van der Waals surface area contributed by atoms with E-state index in [1.807, 2.05) is 25.5 Å². The molecule has 2 aromatic rings. The maximum absolute atomic E-state index is 14.8. The summed E-state index contributed by atoms with van der Waals surface area (Å²) < 4.78 is 22.1. The number of rotatable bonds is 2. The van der Waals surface area contributed by atoms with Gasteiger partial charge in [0.05, 0.1) is 11.7 Å². The largest absolute Gasteiger partial charge is 0.444 e. The Morgan fingerprint density at radius 1 is 1.32 bits per heavy atom. The quantitative estimate of drug-likeness (QED) is 0.694. The number of fused-ring (bicyclic) bond motifs is 2. The number of carbonyl (C=O) groups excluding carboxylic acids is 1. The van der Waals surface area contributed by atoms with Crippen LogP contribution in [0.4, 0.5) is 9.18 Å². The molecule has 2 aromatic heterocycles. The number of amides is 1. The van der Waals surface area contributed by atoms with Gasteiger partial charge in [-0.05, 0) is 44.9 Å². The topological polar surface area (TPSA) is 60.2 Å². The average Bonchev–Trinajstić information content (AvgIpc) is 3.37. The Hall–Kier alpha value is -1.89. The first-order chi connectivity index (χ1) is 13.2. The Morgan fingerprint density at radius 2 is 1.96 bits per heavy atom. The van der Waals surface area contributed by atoms with Crippen LogP contribution in [0.15, 0.2) is 6.20 Å². The van der Waals surface area contributed by atoms with Crippen molar-refractivity contribution in [1.82, 2.24) is 19.7 Å². The normalized spacial score (nSPS) is 31.2. The van der Waals surface area contributed by atoms with E-state index < -0.39 is 11.4 Å². The number of nitrogens with zero attached hydrogens (tertiary/aromatic N) is 4. The van der Waals surface area contributed by atoms with Crippen LogP contribution in [-0.4, -0.2) is 44.4 Å². The number of hydrogen-bond donors (Lipinski definition) is 0. The molecule has 5 atom stereocenters. The van der Waals surface area contributed by atoms with E-state index in [0.29, 0.717) is 36.4 Å². The molecule has 0 aromatic carbocycles. The highest BCUT2D eigenvalue weighted by Crippen LogP contribution is 2.59. The number of piperidine rings is 1. The van der Waals surface area contributed by atoms with Crippen LogP contribution >= 0.6 is 11.6 Å². The van der Waals surface area contributed by atoms with Gasteiger partial charge in [-0.3, -0.25) is 4.68 Å². The Morgan fingerprint density at radius 3 is 2.54 bits per heavy atom. The van der Waals surface area contributed by atoms with E-state index in [1.54, 1.807) is 11.1 Å². The fourth-order valence-corrected chi connectivity index (χ4v) is 4.76. The molecule has 2 saturated carbocycles.